The molecule has 0 aromatic heterocycles. The molecule has 0 aliphatic carbocycles. The van der Waals surface area contributed by atoms with Crippen molar-refractivity contribution in [2.24, 2.45) is 0 Å². The molecule has 1 rings (SSSR count). The van der Waals surface area contributed by atoms with Crippen molar-refractivity contribution in [2.75, 3.05) is 13.7 Å². The molecule has 1 N–H and O–H groups in total. The second-order valence-corrected chi connectivity index (χ2v) is 5.12. The molecule has 1 aromatic carbocycles. The summed E-state index contributed by atoms with van der Waals surface area (Å²) in [5, 5.41) is 4.82. The molecule has 102 valence electrons. The van der Waals surface area contributed by atoms with Gasteiger partial charge >= 0.3 is 0 Å². The van der Waals surface area contributed by atoms with Gasteiger partial charge in [-0.25, -0.2) is 0 Å². The summed E-state index contributed by atoms with van der Waals surface area (Å²) in [7, 11) is 1.59. The van der Waals surface area contributed by atoms with Gasteiger partial charge in [-0.1, -0.05) is 43.5 Å². The zero-order valence-electron chi connectivity index (χ0n) is 11.2. The van der Waals surface area contributed by atoms with Crippen LogP contribution in [-0.4, -0.2) is 13.7 Å². The monoisotopic (exact) mass is 289 g/mol. The number of halogens is 2. The van der Waals surface area contributed by atoms with Crippen molar-refractivity contribution >= 4 is 23.2 Å². The van der Waals surface area contributed by atoms with E-state index in [1.54, 1.807) is 13.2 Å². The van der Waals surface area contributed by atoms with Crippen LogP contribution in [0.3, 0.4) is 0 Å². The number of benzene rings is 1. The van der Waals surface area contributed by atoms with E-state index in [1.165, 1.54) is 0 Å². The van der Waals surface area contributed by atoms with Crippen LogP contribution in [-0.2, 0) is 0 Å². The summed E-state index contributed by atoms with van der Waals surface area (Å²) in [5.74, 6) is 0.621. The molecule has 0 aliphatic heterocycles. The van der Waals surface area contributed by atoms with Crippen molar-refractivity contribution in [1.29, 1.82) is 0 Å². The van der Waals surface area contributed by atoms with Crippen molar-refractivity contribution in [3.8, 4) is 5.75 Å². The first-order valence-corrected chi connectivity index (χ1v) is 7.15. The Morgan fingerprint density at radius 3 is 2.44 bits per heavy atom. The number of methoxy groups -OCH3 is 1. The van der Waals surface area contributed by atoms with Crippen LogP contribution in [0.15, 0.2) is 12.1 Å². The largest absolute Gasteiger partial charge is 0.495 e. The lowest BCUT2D eigenvalue weighted by molar-refractivity contribution is 0.414. The Hall–Kier alpha value is -0.440. The summed E-state index contributed by atoms with van der Waals surface area (Å²) >= 11 is 12.5. The van der Waals surface area contributed by atoms with Gasteiger partial charge in [-0.15, -0.1) is 0 Å². The van der Waals surface area contributed by atoms with Crippen LogP contribution in [0.5, 0.6) is 5.75 Å². The maximum Gasteiger partial charge on any atom is 0.138 e. The van der Waals surface area contributed by atoms with E-state index < -0.39 is 0 Å². The first-order valence-electron chi connectivity index (χ1n) is 6.40. The highest BCUT2D eigenvalue weighted by atomic mass is 35.5. The fourth-order valence-electron chi connectivity index (χ4n) is 1.94. The quantitative estimate of drug-likeness (QED) is 0.775. The van der Waals surface area contributed by atoms with Crippen molar-refractivity contribution in [1.82, 2.24) is 5.32 Å². The number of hydrogen-bond donors (Lipinski definition) is 1. The zero-order chi connectivity index (χ0) is 13.5. The molecule has 0 saturated carbocycles. The highest BCUT2D eigenvalue weighted by Gasteiger charge is 2.16. The van der Waals surface area contributed by atoms with E-state index in [-0.39, 0.29) is 6.04 Å². The Labute approximate surface area is 120 Å². The fourth-order valence-corrected chi connectivity index (χ4v) is 2.48. The Bertz CT molecular complexity index is 382. The molecule has 0 saturated heterocycles. The predicted octanol–water partition coefficient (Wildman–Crippen LogP) is 4.84. The minimum absolute atomic E-state index is 0.255. The van der Waals surface area contributed by atoms with Gasteiger partial charge in [-0.3, -0.25) is 0 Å². The average molecular weight is 290 g/mol. The summed E-state index contributed by atoms with van der Waals surface area (Å²) < 4.78 is 5.16. The van der Waals surface area contributed by atoms with Gasteiger partial charge in [0.25, 0.3) is 0 Å². The van der Waals surface area contributed by atoms with E-state index in [1.807, 2.05) is 6.07 Å². The molecule has 0 spiro atoms. The zero-order valence-corrected chi connectivity index (χ0v) is 12.7. The van der Waals surface area contributed by atoms with Gasteiger partial charge in [0, 0.05) is 17.1 Å². The normalized spacial score (nSPS) is 12.5. The number of ether oxygens (including phenoxy) is 1. The van der Waals surface area contributed by atoms with E-state index in [4.69, 9.17) is 27.9 Å². The lowest BCUT2D eigenvalue weighted by Gasteiger charge is -2.20. The van der Waals surface area contributed by atoms with Gasteiger partial charge in [0.15, 0.2) is 0 Å². The Kier molecular flexibility index (Phi) is 6.83. The second kappa shape index (κ2) is 7.88. The first kappa shape index (κ1) is 15.6. The Morgan fingerprint density at radius 1 is 1.17 bits per heavy atom. The molecule has 0 heterocycles. The average Bonchev–Trinajstić information content (AvgIpc) is 2.37. The van der Waals surface area contributed by atoms with Gasteiger partial charge < -0.3 is 10.1 Å². The number of hydrogen-bond acceptors (Lipinski definition) is 2. The molecule has 0 aliphatic rings. The number of rotatable bonds is 7. The fraction of sp³-hybridized carbons (Fsp3) is 0.571. The summed E-state index contributed by atoms with van der Waals surface area (Å²) in [6, 6.07) is 3.95. The third-order valence-electron chi connectivity index (χ3n) is 2.86. The third-order valence-corrected chi connectivity index (χ3v) is 3.49. The van der Waals surface area contributed by atoms with Gasteiger partial charge in [-0.05, 0) is 31.0 Å². The van der Waals surface area contributed by atoms with E-state index in [0.717, 1.165) is 31.4 Å². The molecule has 4 heteroatoms. The molecular weight excluding hydrogens is 269 g/mol. The van der Waals surface area contributed by atoms with Crippen molar-refractivity contribution in [3.05, 3.63) is 27.7 Å². The van der Waals surface area contributed by atoms with Crippen LogP contribution in [0.2, 0.25) is 10.0 Å². The third kappa shape index (κ3) is 4.04. The molecule has 18 heavy (non-hydrogen) atoms. The summed E-state index contributed by atoms with van der Waals surface area (Å²) in [6.07, 6.45) is 3.24. The molecular formula is C14H21Cl2NO. The SMILES string of the molecule is CCCNC(CCC)c1cc(Cl)c(OC)cc1Cl. The second-order valence-electron chi connectivity index (χ2n) is 4.30. The lowest BCUT2D eigenvalue weighted by Crippen LogP contribution is -2.22. The van der Waals surface area contributed by atoms with Crippen LogP contribution in [0, 0.1) is 0 Å². The van der Waals surface area contributed by atoms with E-state index in [0.29, 0.717) is 15.8 Å². The highest BCUT2D eigenvalue weighted by Crippen LogP contribution is 2.35. The van der Waals surface area contributed by atoms with E-state index in [9.17, 15) is 0 Å². The van der Waals surface area contributed by atoms with E-state index >= 15 is 0 Å². The topological polar surface area (TPSA) is 21.3 Å². The Morgan fingerprint density at radius 2 is 1.89 bits per heavy atom. The number of nitrogens with one attached hydrogen (secondary N) is 1. The summed E-state index contributed by atoms with van der Waals surface area (Å²) in [4.78, 5) is 0. The van der Waals surface area contributed by atoms with Gasteiger partial charge in [0.1, 0.15) is 5.75 Å². The van der Waals surface area contributed by atoms with E-state index in [2.05, 4.69) is 19.2 Å². The van der Waals surface area contributed by atoms with Crippen molar-refractivity contribution < 1.29 is 4.74 Å². The van der Waals surface area contributed by atoms with Crippen LogP contribution in [0.4, 0.5) is 0 Å². The van der Waals surface area contributed by atoms with Gasteiger partial charge in [0.05, 0.1) is 12.1 Å². The van der Waals surface area contributed by atoms with Crippen LogP contribution in [0.25, 0.3) is 0 Å². The van der Waals surface area contributed by atoms with Crippen LogP contribution in [0.1, 0.15) is 44.7 Å². The molecule has 0 bridgehead atoms. The standard InChI is InChI=1S/C14H21Cl2NO/c1-4-6-13(17-7-5-2)10-8-12(16)14(18-3)9-11(10)15/h8-9,13,17H,4-7H2,1-3H3. The lowest BCUT2D eigenvalue weighted by atomic mass is 10.0. The highest BCUT2D eigenvalue weighted by molar-refractivity contribution is 6.34. The van der Waals surface area contributed by atoms with Crippen molar-refractivity contribution in [3.63, 3.8) is 0 Å². The maximum atomic E-state index is 6.31. The first-order chi connectivity index (χ1) is 8.63. The van der Waals surface area contributed by atoms with Gasteiger partial charge in [0.2, 0.25) is 0 Å². The molecule has 0 radical (unpaired) electrons. The smallest absolute Gasteiger partial charge is 0.138 e. The maximum absolute atomic E-state index is 6.31. The molecule has 0 fully saturated rings. The summed E-state index contributed by atoms with van der Waals surface area (Å²) in [5.41, 5.74) is 1.05. The van der Waals surface area contributed by atoms with Crippen molar-refractivity contribution in [2.45, 2.75) is 39.2 Å². The molecule has 1 aromatic rings. The molecule has 2 nitrogen and oxygen atoms in total. The van der Waals surface area contributed by atoms with Crippen LogP contribution < -0.4 is 10.1 Å². The molecule has 1 atom stereocenters. The summed E-state index contributed by atoms with van der Waals surface area (Å²) in [6.45, 7) is 5.29. The Balaban J connectivity index is 2.99. The predicted molar refractivity (Wildman–Crippen MR) is 79.0 cm³/mol. The minimum Gasteiger partial charge on any atom is -0.495 e. The minimum atomic E-state index is 0.255. The van der Waals surface area contributed by atoms with Gasteiger partial charge in [-0.2, -0.15) is 0 Å². The molecule has 0 amide bonds. The van der Waals surface area contributed by atoms with Crippen LogP contribution >= 0.6 is 23.2 Å². The molecule has 1 unspecified atom stereocenters.